The molecule has 0 bridgehead atoms. The minimum atomic E-state index is -0.660. The Morgan fingerprint density at radius 3 is 2.19 bits per heavy atom. The van der Waals surface area contributed by atoms with Gasteiger partial charge in [0.2, 0.25) is 0 Å². The van der Waals surface area contributed by atoms with E-state index in [0.29, 0.717) is 0 Å². The van der Waals surface area contributed by atoms with Crippen molar-refractivity contribution < 1.29 is 4.39 Å². The van der Waals surface area contributed by atoms with Gasteiger partial charge in [-0.3, -0.25) is 0 Å². The number of benzene rings is 2. The highest BCUT2D eigenvalue weighted by molar-refractivity contribution is 6.30. The first kappa shape index (κ1) is 17.9. The molecule has 3 rings (SSSR count). The van der Waals surface area contributed by atoms with Crippen molar-refractivity contribution in [2.45, 2.75) is 12.1 Å². The fraction of sp³-hybridized carbons (Fsp3) is 0.100. The number of nitrogens with one attached hydrogen (secondary N) is 1. The van der Waals surface area contributed by atoms with Crippen LogP contribution in [-0.2, 0) is 0 Å². The van der Waals surface area contributed by atoms with E-state index < -0.39 is 17.9 Å². The van der Waals surface area contributed by atoms with Crippen LogP contribution in [0.25, 0.3) is 0 Å². The van der Waals surface area contributed by atoms with Crippen molar-refractivity contribution in [2.75, 3.05) is 5.32 Å². The molecule has 3 aromatic rings. The minimum absolute atomic E-state index is 0.0154. The second-order valence-corrected chi connectivity index (χ2v) is 6.10. The van der Waals surface area contributed by atoms with Crippen molar-refractivity contribution in [1.82, 2.24) is 4.98 Å². The summed E-state index contributed by atoms with van der Waals surface area (Å²) in [6, 6.07) is 21.0. The van der Waals surface area contributed by atoms with Crippen LogP contribution in [0, 0.1) is 17.1 Å². The van der Waals surface area contributed by atoms with Gasteiger partial charge < -0.3 is 11.1 Å². The Kier molecular flexibility index (Phi) is 5.47. The molecule has 0 saturated heterocycles. The van der Waals surface area contributed by atoms with Crippen LogP contribution in [0.2, 0.25) is 5.15 Å². The summed E-state index contributed by atoms with van der Waals surface area (Å²) in [4.78, 5) is 3.99. The first-order valence-corrected chi connectivity index (χ1v) is 8.36. The van der Waals surface area contributed by atoms with Gasteiger partial charge in [-0.2, -0.15) is 5.26 Å². The van der Waals surface area contributed by atoms with E-state index in [2.05, 4.69) is 10.3 Å². The van der Waals surface area contributed by atoms with Gasteiger partial charge in [-0.1, -0.05) is 72.3 Å². The molecule has 0 saturated carbocycles. The summed E-state index contributed by atoms with van der Waals surface area (Å²) >= 11 is 5.96. The second kappa shape index (κ2) is 7.96. The van der Waals surface area contributed by atoms with Crippen LogP contribution < -0.4 is 11.1 Å². The van der Waals surface area contributed by atoms with Gasteiger partial charge in [-0.05, 0) is 17.2 Å². The van der Waals surface area contributed by atoms with Crippen LogP contribution in [0.4, 0.5) is 10.2 Å². The van der Waals surface area contributed by atoms with Gasteiger partial charge >= 0.3 is 0 Å². The number of pyridine rings is 1. The van der Waals surface area contributed by atoms with Crippen LogP contribution in [0.5, 0.6) is 0 Å². The first-order chi connectivity index (χ1) is 12.6. The maximum absolute atomic E-state index is 14.4. The Bertz CT molecular complexity index is 926. The van der Waals surface area contributed by atoms with E-state index in [4.69, 9.17) is 22.6 Å². The molecule has 2 unspecified atom stereocenters. The average Bonchev–Trinajstić information content (AvgIpc) is 2.69. The van der Waals surface area contributed by atoms with E-state index >= 15 is 0 Å². The zero-order valence-corrected chi connectivity index (χ0v) is 14.5. The molecule has 130 valence electrons. The molecule has 0 amide bonds. The van der Waals surface area contributed by atoms with Crippen LogP contribution in [0.3, 0.4) is 0 Å². The lowest BCUT2D eigenvalue weighted by molar-refractivity contribution is 0.585. The monoisotopic (exact) mass is 366 g/mol. The lowest BCUT2D eigenvalue weighted by atomic mass is 9.94. The summed E-state index contributed by atoms with van der Waals surface area (Å²) in [6.45, 7) is 0. The molecule has 1 aromatic heterocycles. The van der Waals surface area contributed by atoms with Gasteiger partial charge in [0.05, 0.1) is 17.6 Å². The Labute approximate surface area is 156 Å². The third-order valence-corrected chi connectivity index (χ3v) is 4.33. The lowest BCUT2D eigenvalue weighted by Gasteiger charge is -2.26. The van der Waals surface area contributed by atoms with Crippen molar-refractivity contribution in [3.05, 3.63) is 94.4 Å². The Morgan fingerprint density at radius 2 is 1.62 bits per heavy atom. The largest absolute Gasteiger partial charge is 0.359 e. The summed E-state index contributed by atoms with van der Waals surface area (Å²) in [7, 11) is 0. The van der Waals surface area contributed by atoms with E-state index in [1.165, 1.54) is 0 Å². The van der Waals surface area contributed by atoms with Crippen LogP contribution in [0.1, 0.15) is 28.8 Å². The third kappa shape index (κ3) is 3.83. The summed E-state index contributed by atoms with van der Waals surface area (Å²) < 4.78 is 14.4. The fourth-order valence-electron chi connectivity index (χ4n) is 2.70. The predicted molar refractivity (Wildman–Crippen MR) is 100 cm³/mol. The van der Waals surface area contributed by atoms with E-state index in [-0.39, 0.29) is 16.5 Å². The summed E-state index contributed by atoms with van der Waals surface area (Å²) in [5, 5.41) is 11.9. The van der Waals surface area contributed by atoms with Crippen molar-refractivity contribution in [3.8, 4) is 6.07 Å². The summed E-state index contributed by atoms with van der Waals surface area (Å²) in [5.41, 5.74) is 8.23. The fourth-order valence-corrected chi connectivity index (χ4v) is 2.88. The molecule has 26 heavy (non-hydrogen) atoms. The molecule has 4 nitrogen and oxygen atoms in total. The van der Waals surface area contributed by atoms with Gasteiger partial charge in [-0.25, -0.2) is 9.37 Å². The number of aromatic nitrogens is 1. The van der Waals surface area contributed by atoms with E-state index in [0.717, 1.165) is 17.2 Å². The number of anilines is 1. The molecule has 1 heterocycles. The summed E-state index contributed by atoms with van der Waals surface area (Å²) in [6.07, 6.45) is 0. The van der Waals surface area contributed by atoms with Crippen molar-refractivity contribution in [1.29, 1.82) is 5.26 Å². The van der Waals surface area contributed by atoms with Crippen LogP contribution in [-0.4, -0.2) is 4.98 Å². The van der Waals surface area contributed by atoms with E-state index in [1.54, 1.807) is 0 Å². The smallest absolute Gasteiger partial charge is 0.166 e. The number of nitriles is 1. The van der Waals surface area contributed by atoms with Gasteiger partial charge in [-0.15, -0.1) is 0 Å². The first-order valence-electron chi connectivity index (χ1n) is 7.98. The van der Waals surface area contributed by atoms with Crippen molar-refractivity contribution >= 4 is 17.4 Å². The molecule has 6 heteroatoms. The second-order valence-electron chi connectivity index (χ2n) is 5.74. The minimum Gasteiger partial charge on any atom is -0.359 e. The number of hydrogen-bond donors (Lipinski definition) is 2. The topological polar surface area (TPSA) is 74.7 Å². The van der Waals surface area contributed by atoms with Crippen LogP contribution >= 0.6 is 11.6 Å². The normalized spacial score (nSPS) is 12.8. The van der Waals surface area contributed by atoms with Gasteiger partial charge in [0.1, 0.15) is 11.2 Å². The van der Waals surface area contributed by atoms with Gasteiger partial charge in [0.25, 0.3) is 0 Å². The highest BCUT2D eigenvalue weighted by Gasteiger charge is 2.23. The Balaban J connectivity index is 2.00. The molecule has 2 atom stereocenters. The zero-order chi connectivity index (χ0) is 18.5. The standard InChI is InChI=1S/C20H16ClFN4/c21-19-15(12-23)11-16(22)20(26-19)25-18(14-9-5-2-6-10-14)17(24)13-7-3-1-4-8-13/h1-11,17-18H,24H2,(H,25,26). The van der Waals surface area contributed by atoms with Crippen LogP contribution in [0.15, 0.2) is 66.7 Å². The third-order valence-electron chi connectivity index (χ3n) is 4.04. The predicted octanol–water partition coefficient (Wildman–Crippen LogP) is 4.60. The highest BCUT2D eigenvalue weighted by Crippen LogP contribution is 2.31. The van der Waals surface area contributed by atoms with Gasteiger partial charge in [0, 0.05) is 0 Å². The van der Waals surface area contributed by atoms with E-state index in [1.807, 2.05) is 66.7 Å². The molecular formula is C20H16ClFN4. The lowest BCUT2D eigenvalue weighted by Crippen LogP contribution is -2.26. The number of hydrogen-bond acceptors (Lipinski definition) is 4. The highest BCUT2D eigenvalue weighted by atomic mass is 35.5. The number of nitrogens with two attached hydrogens (primary N) is 1. The number of halogens is 2. The summed E-state index contributed by atoms with van der Waals surface area (Å²) in [5.74, 6) is -0.707. The molecular weight excluding hydrogens is 351 g/mol. The quantitative estimate of drug-likeness (QED) is 0.647. The Morgan fingerprint density at radius 1 is 1.04 bits per heavy atom. The van der Waals surface area contributed by atoms with Gasteiger partial charge in [0.15, 0.2) is 11.6 Å². The SMILES string of the molecule is N#Cc1cc(F)c(NC(c2ccccc2)C(N)c2ccccc2)nc1Cl. The van der Waals surface area contributed by atoms with Crippen molar-refractivity contribution in [3.63, 3.8) is 0 Å². The molecule has 3 N–H and O–H groups in total. The number of rotatable bonds is 5. The average molecular weight is 367 g/mol. The molecule has 0 radical (unpaired) electrons. The maximum atomic E-state index is 14.4. The molecule has 0 aliphatic heterocycles. The van der Waals surface area contributed by atoms with Crippen molar-refractivity contribution in [2.24, 2.45) is 5.73 Å². The van der Waals surface area contributed by atoms with E-state index in [9.17, 15) is 4.39 Å². The maximum Gasteiger partial charge on any atom is 0.166 e. The molecule has 0 aliphatic carbocycles. The zero-order valence-electron chi connectivity index (χ0n) is 13.7. The molecule has 0 spiro atoms. The Hall–Kier alpha value is -2.94. The molecule has 0 fully saturated rings. The molecule has 0 aliphatic rings. The number of nitrogens with zero attached hydrogens (tertiary/aromatic N) is 2. The molecule has 2 aromatic carbocycles.